The summed E-state index contributed by atoms with van der Waals surface area (Å²) in [6.07, 6.45) is 6.11. The van der Waals surface area contributed by atoms with Crippen molar-refractivity contribution in [2.45, 2.75) is 32.9 Å². The highest BCUT2D eigenvalue weighted by atomic mass is 16.3. The number of hydrogen-bond acceptors (Lipinski definition) is 4. The SMILES string of the molecule is CCCNC(c1ccoc1)c1ncnn1CC. The van der Waals surface area contributed by atoms with Gasteiger partial charge in [0.05, 0.1) is 18.6 Å². The Hall–Kier alpha value is -1.62. The molecule has 5 nitrogen and oxygen atoms in total. The van der Waals surface area contributed by atoms with Gasteiger partial charge in [0.15, 0.2) is 0 Å². The Bertz CT molecular complexity index is 435. The zero-order valence-electron chi connectivity index (χ0n) is 10.3. The van der Waals surface area contributed by atoms with Crippen molar-refractivity contribution in [1.82, 2.24) is 20.1 Å². The van der Waals surface area contributed by atoms with E-state index in [1.54, 1.807) is 18.9 Å². The number of hydrogen-bond donors (Lipinski definition) is 1. The van der Waals surface area contributed by atoms with Gasteiger partial charge in [-0.25, -0.2) is 9.67 Å². The molecule has 2 heterocycles. The third-order valence-electron chi connectivity index (χ3n) is 2.68. The lowest BCUT2D eigenvalue weighted by Crippen LogP contribution is -2.26. The van der Waals surface area contributed by atoms with Gasteiger partial charge in [-0.15, -0.1) is 0 Å². The van der Waals surface area contributed by atoms with Gasteiger partial charge in [-0.05, 0) is 26.0 Å². The van der Waals surface area contributed by atoms with Gasteiger partial charge in [-0.3, -0.25) is 0 Å². The van der Waals surface area contributed by atoms with Crippen LogP contribution in [0, 0.1) is 0 Å². The van der Waals surface area contributed by atoms with Gasteiger partial charge < -0.3 is 9.73 Å². The maximum Gasteiger partial charge on any atom is 0.148 e. The van der Waals surface area contributed by atoms with Gasteiger partial charge in [0.1, 0.15) is 12.2 Å². The second-order valence-electron chi connectivity index (χ2n) is 3.88. The molecule has 1 N–H and O–H groups in total. The van der Waals surface area contributed by atoms with E-state index >= 15 is 0 Å². The van der Waals surface area contributed by atoms with Crippen molar-refractivity contribution in [2.75, 3.05) is 6.54 Å². The Kier molecular flexibility index (Phi) is 3.93. The molecule has 0 bridgehead atoms. The summed E-state index contributed by atoms with van der Waals surface area (Å²) >= 11 is 0. The molecule has 2 rings (SSSR count). The van der Waals surface area contributed by atoms with Crippen LogP contribution in [0.5, 0.6) is 0 Å². The van der Waals surface area contributed by atoms with Crippen molar-refractivity contribution < 1.29 is 4.42 Å². The van der Waals surface area contributed by atoms with Crippen LogP contribution in [0.3, 0.4) is 0 Å². The molecule has 0 amide bonds. The highest BCUT2D eigenvalue weighted by Gasteiger charge is 2.19. The Morgan fingerprint density at radius 2 is 2.35 bits per heavy atom. The van der Waals surface area contributed by atoms with Crippen LogP contribution in [-0.2, 0) is 6.54 Å². The van der Waals surface area contributed by atoms with Crippen LogP contribution in [0.15, 0.2) is 29.3 Å². The summed E-state index contributed by atoms with van der Waals surface area (Å²) in [6.45, 7) is 5.96. The molecular formula is C12H18N4O. The van der Waals surface area contributed by atoms with E-state index in [0.717, 1.165) is 30.9 Å². The molecule has 0 fully saturated rings. The second-order valence-corrected chi connectivity index (χ2v) is 3.88. The maximum atomic E-state index is 5.15. The first-order chi connectivity index (χ1) is 8.36. The molecule has 0 saturated carbocycles. The van der Waals surface area contributed by atoms with E-state index in [1.165, 1.54) is 0 Å². The standard InChI is InChI=1S/C12H18N4O/c1-3-6-13-11(10-5-7-17-8-10)12-14-9-15-16(12)4-2/h5,7-9,11,13H,3-4,6H2,1-2H3. The largest absolute Gasteiger partial charge is 0.472 e. The molecule has 92 valence electrons. The van der Waals surface area contributed by atoms with E-state index in [9.17, 15) is 0 Å². The number of furan rings is 1. The van der Waals surface area contributed by atoms with Crippen LogP contribution in [-0.4, -0.2) is 21.3 Å². The molecule has 2 aromatic rings. The molecule has 2 aromatic heterocycles. The quantitative estimate of drug-likeness (QED) is 0.830. The van der Waals surface area contributed by atoms with Crippen LogP contribution in [0.1, 0.15) is 37.7 Å². The van der Waals surface area contributed by atoms with Crippen LogP contribution in [0.2, 0.25) is 0 Å². The minimum absolute atomic E-state index is 0.0520. The topological polar surface area (TPSA) is 55.9 Å². The summed E-state index contributed by atoms with van der Waals surface area (Å²) in [5, 5.41) is 7.67. The van der Waals surface area contributed by atoms with Crippen molar-refractivity contribution >= 4 is 0 Å². The minimum atomic E-state index is 0.0520. The average Bonchev–Trinajstić information content (AvgIpc) is 3.00. The first-order valence-corrected chi connectivity index (χ1v) is 6.00. The molecule has 0 radical (unpaired) electrons. The van der Waals surface area contributed by atoms with E-state index in [1.807, 2.05) is 10.7 Å². The molecule has 0 aliphatic carbocycles. The van der Waals surface area contributed by atoms with Gasteiger partial charge in [-0.2, -0.15) is 5.10 Å². The first kappa shape index (κ1) is 11.9. The number of nitrogens with one attached hydrogen (secondary N) is 1. The Morgan fingerprint density at radius 1 is 1.47 bits per heavy atom. The maximum absolute atomic E-state index is 5.15. The Balaban J connectivity index is 2.27. The number of aromatic nitrogens is 3. The molecule has 1 atom stereocenters. The van der Waals surface area contributed by atoms with E-state index in [0.29, 0.717) is 0 Å². The summed E-state index contributed by atoms with van der Waals surface area (Å²) in [5.74, 6) is 0.933. The molecule has 1 unspecified atom stereocenters. The predicted molar refractivity (Wildman–Crippen MR) is 64.5 cm³/mol. The van der Waals surface area contributed by atoms with E-state index in [-0.39, 0.29) is 6.04 Å². The number of aryl methyl sites for hydroxylation is 1. The molecule has 0 saturated heterocycles. The Morgan fingerprint density at radius 3 is 3.00 bits per heavy atom. The number of rotatable bonds is 6. The molecule has 0 aliphatic heterocycles. The molecule has 0 aromatic carbocycles. The summed E-state index contributed by atoms with van der Waals surface area (Å²) in [4.78, 5) is 4.34. The molecule has 0 spiro atoms. The smallest absolute Gasteiger partial charge is 0.148 e. The van der Waals surface area contributed by atoms with Gasteiger partial charge in [-0.1, -0.05) is 6.92 Å². The zero-order chi connectivity index (χ0) is 12.1. The summed E-state index contributed by atoms with van der Waals surface area (Å²) in [5.41, 5.74) is 1.08. The molecule has 5 heteroatoms. The highest BCUT2D eigenvalue weighted by molar-refractivity contribution is 5.19. The van der Waals surface area contributed by atoms with Gasteiger partial charge >= 0.3 is 0 Å². The predicted octanol–water partition coefficient (Wildman–Crippen LogP) is 1.98. The second kappa shape index (κ2) is 5.63. The zero-order valence-corrected chi connectivity index (χ0v) is 10.3. The summed E-state index contributed by atoms with van der Waals surface area (Å²) < 4.78 is 7.05. The lowest BCUT2D eigenvalue weighted by atomic mass is 10.1. The van der Waals surface area contributed by atoms with Crippen molar-refractivity contribution in [1.29, 1.82) is 0 Å². The number of nitrogens with zero attached hydrogens (tertiary/aromatic N) is 3. The lowest BCUT2D eigenvalue weighted by molar-refractivity contribution is 0.508. The Labute approximate surface area is 101 Å². The highest BCUT2D eigenvalue weighted by Crippen LogP contribution is 2.20. The fourth-order valence-corrected chi connectivity index (χ4v) is 1.83. The lowest BCUT2D eigenvalue weighted by Gasteiger charge is -2.16. The summed E-state index contributed by atoms with van der Waals surface area (Å²) in [7, 11) is 0. The van der Waals surface area contributed by atoms with Crippen molar-refractivity contribution in [3.8, 4) is 0 Å². The summed E-state index contributed by atoms with van der Waals surface area (Å²) in [6, 6.07) is 2.01. The van der Waals surface area contributed by atoms with Crippen molar-refractivity contribution in [2.24, 2.45) is 0 Å². The van der Waals surface area contributed by atoms with E-state index < -0.39 is 0 Å². The third kappa shape index (κ3) is 2.55. The minimum Gasteiger partial charge on any atom is -0.472 e. The fourth-order valence-electron chi connectivity index (χ4n) is 1.83. The normalized spacial score (nSPS) is 12.8. The van der Waals surface area contributed by atoms with Crippen LogP contribution in [0.4, 0.5) is 0 Å². The molecule has 0 aliphatic rings. The van der Waals surface area contributed by atoms with Gasteiger partial charge in [0.25, 0.3) is 0 Å². The molecular weight excluding hydrogens is 216 g/mol. The first-order valence-electron chi connectivity index (χ1n) is 6.00. The van der Waals surface area contributed by atoms with Crippen LogP contribution >= 0.6 is 0 Å². The monoisotopic (exact) mass is 234 g/mol. The van der Waals surface area contributed by atoms with Gasteiger partial charge in [0, 0.05) is 12.1 Å². The van der Waals surface area contributed by atoms with E-state index in [2.05, 4.69) is 29.2 Å². The van der Waals surface area contributed by atoms with Crippen molar-refractivity contribution in [3.63, 3.8) is 0 Å². The van der Waals surface area contributed by atoms with E-state index in [4.69, 9.17) is 4.42 Å². The third-order valence-corrected chi connectivity index (χ3v) is 2.68. The van der Waals surface area contributed by atoms with Gasteiger partial charge in [0.2, 0.25) is 0 Å². The molecule has 17 heavy (non-hydrogen) atoms. The average molecular weight is 234 g/mol. The fraction of sp³-hybridized carbons (Fsp3) is 0.500. The van der Waals surface area contributed by atoms with Crippen LogP contribution in [0.25, 0.3) is 0 Å². The van der Waals surface area contributed by atoms with Crippen LogP contribution < -0.4 is 5.32 Å². The van der Waals surface area contributed by atoms with Crippen molar-refractivity contribution in [3.05, 3.63) is 36.3 Å².